The maximum Gasteiger partial charge on any atom is 0.353 e. The average Bonchev–Trinajstić information content (AvgIpc) is 2.52. The largest absolute Gasteiger partial charge is 0.364 e. The van der Waals surface area contributed by atoms with Crippen LogP contribution in [-0.4, -0.2) is 27.0 Å². The standard InChI is InChI=1S/C19H29N5O2/c1-12(2)3-4-20-17-16(24(25)26)18(22-11-21-17)23-19-8-13-5-14(9-19)7-15(6-13)10-19/h11-15H,3-10H2,1-2H3,(H2,20,21,22,23). The van der Waals surface area contributed by atoms with Gasteiger partial charge < -0.3 is 10.6 Å². The van der Waals surface area contributed by atoms with Gasteiger partial charge in [-0.15, -0.1) is 0 Å². The molecule has 4 saturated carbocycles. The van der Waals surface area contributed by atoms with Crippen molar-refractivity contribution >= 4 is 17.3 Å². The van der Waals surface area contributed by atoms with Crippen LogP contribution in [0.1, 0.15) is 58.8 Å². The number of rotatable bonds is 7. The van der Waals surface area contributed by atoms with Crippen molar-refractivity contribution in [1.29, 1.82) is 0 Å². The molecule has 1 aromatic heterocycles. The maximum absolute atomic E-state index is 11.8. The second-order valence-corrected chi connectivity index (χ2v) is 9.11. The zero-order valence-corrected chi connectivity index (χ0v) is 15.7. The Morgan fingerprint density at radius 3 is 2.27 bits per heavy atom. The number of hydrogen-bond donors (Lipinski definition) is 2. The van der Waals surface area contributed by atoms with Crippen molar-refractivity contribution in [2.75, 3.05) is 17.2 Å². The van der Waals surface area contributed by atoms with E-state index < -0.39 is 0 Å². The minimum atomic E-state index is -0.347. The Bertz CT molecular complexity index is 655. The topological polar surface area (TPSA) is 93.0 Å². The number of aromatic nitrogens is 2. The molecule has 0 amide bonds. The highest BCUT2D eigenvalue weighted by Crippen LogP contribution is 2.56. The van der Waals surface area contributed by atoms with Gasteiger partial charge in [0, 0.05) is 12.1 Å². The van der Waals surface area contributed by atoms with Gasteiger partial charge in [0.1, 0.15) is 6.33 Å². The third kappa shape index (κ3) is 3.35. The summed E-state index contributed by atoms with van der Waals surface area (Å²) in [4.78, 5) is 19.8. The fraction of sp³-hybridized carbons (Fsp3) is 0.789. The second-order valence-electron chi connectivity index (χ2n) is 9.11. The summed E-state index contributed by atoms with van der Waals surface area (Å²) in [6.45, 7) is 4.94. The van der Waals surface area contributed by atoms with Crippen LogP contribution < -0.4 is 10.6 Å². The highest BCUT2D eigenvalue weighted by Gasteiger charge is 2.51. The van der Waals surface area contributed by atoms with Gasteiger partial charge in [-0.2, -0.15) is 0 Å². The molecular weight excluding hydrogens is 330 g/mol. The Morgan fingerprint density at radius 2 is 1.73 bits per heavy atom. The molecule has 0 unspecified atom stereocenters. The van der Waals surface area contributed by atoms with Gasteiger partial charge in [0.2, 0.25) is 11.6 Å². The molecule has 1 aromatic rings. The van der Waals surface area contributed by atoms with Crippen molar-refractivity contribution in [3.05, 3.63) is 16.4 Å². The minimum Gasteiger partial charge on any atom is -0.364 e. The van der Waals surface area contributed by atoms with Gasteiger partial charge in [0.15, 0.2) is 0 Å². The van der Waals surface area contributed by atoms with Crippen molar-refractivity contribution < 1.29 is 4.92 Å². The van der Waals surface area contributed by atoms with Gasteiger partial charge in [-0.25, -0.2) is 9.97 Å². The van der Waals surface area contributed by atoms with Gasteiger partial charge in [0.25, 0.3) is 0 Å². The second kappa shape index (κ2) is 6.67. The zero-order chi connectivity index (χ0) is 18.3. The molecule has 4 fully saturated rings. The molecule has 0 spiro atoms. The molecule has 26 heavy (non-hydrogen) atoms. The van der Waals surface area contributed by atoms with Crippen LogP contribution in [0, 0.1) is 33.8 Å². The van der Waals surface area contributed by atoms with Crippen LogP contribution in [0.15, 0.2) is 6.33 Å². The number of nitro groups is 1. The quantitative estimate of drug-likeness (QED) is 0.559. The summed E-state index contributed by atoms with van der Waals surface area (Å²) in [7, 11) is 0. The highest BCUT2D eigenvalue weighted by molar-refractivity contribution is 5.70. The first-order valence-electron chi connectivity index (χ1n) is 9.95. The Hall–Kier alpha value is -1.92. The van der Waals surface area contributed by atoms with E-state index in [1.54, 1.807) is 0 Å². The van der Waals surface area contributed by atoms with Crippen LogP contribution in [0.2, 0.25) is 0 Å². The molecular formula is C19H29N5O2. The summed E-state index contributed by atoms with van der Waals surface area (Å²) in [6.07, 6.45) is 9.77. The first kappa shape index (κ1) is 17.5. The smallest absolute Gasteiger partial charge is 0.353 e. The van der Waals surface area contributed by atoms with E-state index in [9.17, 15) is 10.1 Å². The molecule has 4 aliphatic rings. The van der Waals surface area contributed by atoms with E-state index in [0.717, 1.165) is 43.4 Å². The van der Waals surface area contributed by atoms with E-state index in [0.29, 0.717) is 24.1 Å². The summed E-state index contributed by atoms with van der Waals surface area (Å²) in [5, 5.41) is 18.5. The fourth-order valence-electron chi connectivity index (χ4n) is 5.77. The Kier molecular flexibility index (Phi) is 4.49. The molecule has 2 N–H and O–H groups in total. The number of nitrogens with zero attached hydrogens (tertiary/aromatic N) is 3. The van der Waals surface area contributed by atoms with Crippen molar-refractivity contribution in [3.63, 3.8) is 0 Å². The van der Waals surface area contributed by atoms with Crippen molar-refractivity contribution in [3.8, 4) is 0 Å². The van der Waals surface area contributed by atoms with Crippen LogP contribution >= 0.6 is 0 Å². The lowest BCUT2D eigenvalue weighted by molar-refractivity contribution is -0.383. The summed E-state index contributed by atoms with van der Waals surface area (Å²) in [5.74, 6) is 3.58. The predicted octanol–water partition coefficient (Wildman–Crippen LogP) is 4.22. The Balaban J connectivity index is 1.57. The third-order valence-electron chi connectivity index (χ3n) is 6.44. The molecule has 142 valence electrons. The average molecular weight is 359 g/mol. The van der Waals surface area contributed by atoms with Crippen LogP contribution in [0.25, 0.3) is 0 Å². The maximum atomic E-state index is 11.8. The minimum absolute atomic E-state index is 0.00741. The van der Waals surface area contributed by atoms with E-state index in [1.807, 2.05) is 0 Å². The van der Waals surface area contributed by atoms with Crippen LogP contribution in [0.3, 0.4) is 0 Å². The molecule has 4 aliphatic carbocycles. The van der Waals surface area contributed by atoms with E-state index in [4.69, 9.17) is 0 Å². The summed E-state index contributed by atoms with van der Waals surface area (Å²) < 4.78 is 0. The van der Waals surface area contributed by atoms with Gasteiger partial charge in [-0.05, 0) is 68.6 Å². The molecule has 1 heterocycles. The van der Waals surface area contributed by atoms with Crippen LogP contribution in [-0.2, 0) is 0 Å². The number of nitrogens with one attached hydrogen (secondary N) is 2. The lowest BCUT2D eigenvalue weighted by Crippen LogP contribution is -2.55. The predicted molar refractivity (Wildman–Crippen MR) is 101 cm³/mol. The van der Waals surface area contributed by atoms with Gasteiger partial charge in [-0.1, -0.05) is 13.8 Å². The Morgan fingerprint density at radius 1 is 1.15 bits per heavy atom. The van der Waals surface area contributed by atoms with E-state index in [1.165, 1.54) is 25.6 Å². The van der Waals surface area contributed by atoms with E-state index >= 15 is 0 Å². The fourth-order valence-corrected chi connectivity index (χ4v) is 5.77. The highest BCUT2D eigenvalue weighted by atomic mass is 16.6. The molecule has 5 rings (SSSR count). The molecule has 0 aromatic carbocycles. The number of hydrogen-bond acceptors (Lipinski definition) is 6. The lowest BCUT2D eigenvalue weighted by Gasteiger charge is -2.57. The van der Waals surface area contributed by atoms with Gasteiger partial charge in [-0.3, -0.25) is 10.1 Å². The first-order valence-corrected chi connectivity index (χ1v) is 9.95. The summed E-state index contributed by atoms with van der Waals surface area (Å²) in [6, 6.07) is 0. The first-order chi connectivity index (χ1) is 12.4. The van der Waals surface area contributed by atoms with Gasteiger partial charge in [0.05, 0.1) is 4.92 Å². The van der Waals surface area contributed by atoms with Crippen molar-refractivity contribution in [2.24, 2.45) is 23.7 Å². The number of anilines is 2. The normalized spacial score (nSPS) is 32.0. The molecule has 7 nitrogen and oxygen atoms in total. The lowest BCUT2D eigenvalue weighted by atomic mass is 9.53. The molecule has 0 radical (unpaired) electrons. The van der Waals surface area contributed by atoms with Crippen molar-refractivity contribution in [1.82, 2.24) is 9.97 Å². The third-order valence-corrected chi connectivity index (χ3v) is 6.44. The zero-order valence-electron chi connectivity index (χ0n) is 15.7. The van der Waals surface area contributed by atoms with Crippen molar-refractivity contribution in [2.45, 2.75) is 64.3 Å². The molecule has 4 bridgehead atoms. The molecule has 0 atom stereocenters. The monoisotopic (exact) mass is 359 g/mol. The SMILES string of the molecule is CC(C)CCNc1ncnc(NC23CC4CC(CC(C4)C2)C3)c1[N+](=O)[O-]. The molecule has 0 saturated heterocycles. The Labute approximate surface area is 154 Å². The summed E-state index contributed by atoms with van der Waals surface area (Å²) in [5.41, 5.74) is -0.0183. The van der Waals surface area contributed by atoms with Crippen LogP contribution in [0.4, 0.5) is 17.3 Å². The van der Waals surface area contributed by atoms with E-state index in [2.05, 4.69) is 34.4 Å². The molecule has 0 aliphatic heterocycles. The van der Waals surface area contributed by atoms with E-state index in [-0.39, 0.29) is 16.1 Å². The summed E-state index contributed by atoms with van der Waals surface area (Å²) >= 11 is 0. The van der Waals surface area contributed by atoms with Gasteiger partial charge >= 0.3 is 5.69 Å². The van der Waals surface area contributed by atoms with Crippen LogP contribution in [0.5, 0.6) is 0 Å². The molecule has 7 heteroatoms.